The number of benzene rings is 1. The zero-order valence-corrected chi connectivity index (χ0v) is 9.62. The topological polar surface area (TPSA) is 44.5 Å². The zero-order valence-electron chi connectivity index (χ0n) is 9.62. The standard InChI is InChI=1S/C12H19NO2/c1-12(2,14-3)8-10-4-6-11(7-5-10)9-15-13/h4-7H,8-9,13H2,1-3H3. The van der Waals surface area contributed by atoms with Gasteiger partial charge in [-0.2, -0.15) is 0 Å². The van der Waals surface area contributed by atoms with E-state index in [0.717, 1.165) is 12.0 Å². The molecule has 1 aromatic rings. The highest BCUT2D eigenvalue weighted by Gasteiger charge is 2.16. The van der Waals surface area contributed by atoms with Gasteiger partial charge < -0.3 is 4.74 Å². The first kappa shape index (κ1) is 12.2. The van der Waals surface area contributed by atoms with Gasteiger partial charge in [-0.25, -0.2) is 5.90 Å². The summed E-state index contributed by atoms with van der Waals surface area (Å²) in [6.45, 7) is 4.60. The predicted octanol–water partition coefficient (Wildman–Crippen LogP) is 2.04. The summed E-state index contributed by atoms with van der Waals surface area (Å²) in [7, 11) is 1.73. The maximum Gasteiger partial charge on any atom is 0.0930 e. The second-order valence-corrected chi connectivity index (χ2v) is 4.27. The molecule has 0 fully saturated rings. The molecule has 0 amide bonds. The largest absolute Gasteiger partial charge is 0.378 e. The lowest BCUT2D eigenvalue weighted by Gasteiger charge is -2.22. The Kier molecular flexibility index (Phi) is 4.27. The van der Waals surface area contributed by atoms with Crippen molar-refractivity contribution in [2.24, 2.45) is 5.90 Å². The van der Waals surface area contributed by atoms with E-state index in [2.05, 4.69) is 30.8 Å². The summed E-state index contributed by atoms with van der Waals surface area (Å²) < 4.78 is 5.37. The van der Waals surface area contributed by atoms with Crippen molar-refractivity contribution in [3.8, 4) is 0 Å². The lowest BCUT2D eigenvalue weighted by Crippen LogP contribution is -2.25. The van der Waals surface area contributed by atoms with Gasteiger partial charge in [-0.1, -0.05) is 24.3 Å². The van der Waals surface area contributed by atoms with Crippen LogP contribution in [0.5, 0.6) is 0 Å². The van der Waals surface area contributed by atoms with Gasteiger partial charge in [0.1, 0.15) is 0 Å². The van der Waals surface area contributed by atoms with Crippen molar-refractivity contribution in [1.82, 2.24) is 0 Å². The molecule has 84 valence electrons. The molecule has 0 saturated heterocycles. The molecular formula is C12H19NO2. The third-order valence-corrected chi connectivity index (χ3v) is 2.46. The summed E-state index contributed by atoms with van der Waals surface area (Å²) >= 11 is 0. The molecule has 3 heteroatoms. The number of methoxy groups -OCH3 is 1. The Morgan fingerprint density at radius 3 is 2.13 bits per heavy atom. The van der Waals surface area contributed by atoms with E-state index in [0.29, 0.717) is 6.61 Å². The monoisotopic (exact) mass is 209 g/mol. The van der Waals surface area contributed by atoms with E-state index in [9.17, 15) is 0 Å². The summed E-state index contributed by atoms with van der Waals surface area (Å²) in [5.41, 5.74) is 2.21. The smallest absolute Gasteiger partial charge is 0.0930 e. The number of rotatable bonds is 5. The van der Waals surface area contributed by atoms with Crippen LogP contribution < -0.4 is 5.90 Å². The van der Waals surface area contributed by atoms with Crippen molar-refractivity contribution in [2.45, 2.75) is 32.5 Å². The predicted molar refractivity (Wildman–Crippen MR) is 60.2 cm³/mol. The van der Waals surface area contributed by atoms with Crippen molar-refractivity contribution in [2.75, 3.05) is 7.11 Å². The molecule has 15 heavy (non-hydrogen) atoms. The van der Waals surface area contributed by atoms with Gasteiger partial charge in [-0.3, -0.25) is 4.84 Å². The number of hydrogen-bond donors (Lipinski definition) is 1. The van der Waals surface area contributed by atoms with Gasteiger partial charge >= 0.3 is 0 Å². The van der Waals surface area contributed by atoms with Crippen LogP contribution in [0.3, 0.4) is 0 Å². The first-order chi connectivity index (χ1) is 7.07. The van der Waals surface area contributed by atoms with Crippen LogP contribution in [-0.4, -0.2) is 12.7 Å². The molecule has 0 bridgehead atoms. The maximum atomic E-state index is 5.37. The Morgan fingerprint density at radius 2 is 1.67 bits per heavy atom. The van der Waals surface area contributed by atoms with Crippen LogP contribution in [0.15, 0.2) is 24.3 Å². The molecule has 2 N–H and O–H groups in total. The van der Waals surface area contributed by atoms with Crippen LogP contribution in [0.25, 0.3) is 0 Å². The highest BCUT2D eigenvalue weighted by Crippen LogP contribution is 2.16. The fourth-order valence-electron chi connectivity index (χ4n) is 1.41. The molecule has 0 saturated carbocycles. The third kappa shape index (κ3) is 4.00. The van der Waals surface area contributed by atoms with Crippen LogP contribution in [-0.2, 0) is 22.6 Å². The average molecular weight is 209 g/mol. The SMILES string of the molecule is COC(C)(C)Cc1ccc(CON)cc1. The molecule has 3 nitrogen and oxygen atoms in total. The lowest BCUT2D eigenvalue weighted by molar-refractivity contribution is 0.0232. The highest BCUT2D eigenvalue weighted by molar-refractivity contribution is 5.23. The summed E-state index contributed by atoms with van der Waals surface area (Å²) in [6.07, 6.45) is 0.896. The number of nitrogens with two attached hydrogens (primary N) is 1. The van der Waals surface area contributed by atoms with Crippen LogP contribution in [0.1, 0.15) is 25.0 Å². The zero-order chi connectivity index (χ0) is 11.3. The van der Waals surface area contributed by atoms with Gasteiger partial charge in [0.25, 0.3) is 0 Å². The van der Waals surface area contributed by atoms with E-state index in [1.807, 2.05) is 12.1 Å². The molecule has 0 atom stereocenters. The van der Waals surface area contributed by atoms with E-state index in [1.165, 1.54) is 5.56 Å². The van der Waals surface area contributed by atoms with E-state index >= 15 is 0 Å². The van der Waals surface area contributed by atoms with Crippen LogP contribution in [0, 0.1) is 0 Å². The molecule has 0 aliphatic rings. The minimum Gasteiger partial charge on any atom is -0.378 e. The second-order valence-electron chi connectivity index (χ2n) is 4.27. The molecule has 0 aliphatic heterocycles. The van der Waals surface area contributed by atoms with Crippen molar-refractivity contribution < 1.29 is 9.57 Å². The minimum atomic E-state index is -0.119. The molecule has 0 aliphatic carbocycles. The Hall–Kier alpha value is -0.900. The fraction of sp³-hybridized carbons (Fsp3) is 0.500. The van der Waals surface area contributed by atoms with Crippen molar-refractivity contribution >= 4 is 0 Å². The Bertz CT molecular complexity index is 293. The minimum absolute atomic E-state index is 0.119. The first-order valence-electron chi connectivity index (χ1n) is 5.02. The first-order valence-corrected chi connectivity index (χ1v) is 5.02. The Balaban J connectivity index is 2.64. The van der Waals surface area contributed by atoms with Gasteiger partial charge in [0, 0.05) is 13.5 Å². The maximum absolute atomic E-state index is 5.37. The van der Waals surface area contributed by atoms with Gasteiger partial charge in [0.15, 0.2) is 0 Å². The lowest BCUT2D eigenvalue weighted by atomic mass is 9.98. The van der Waals surface area contributed by atoms with Crippen LogP contribution in [0.4, 0.5) is 0 Å². The van der Waals surface area contributed by atoms with Crippen LogP contribution in [0.2, 0.25) is 0 Å². The molecule has 1 aromatic carbocycles. The normalized spacial score (nSPS) is 11.7. The Morgan fingerprint density at radius 1 is 1.13 bits per heavy atom. The number of hydrogen-bond acceptors (Lipinski definition) is 3. The molecular weight excluding hydrogens is 190 g/mol. The van der Waals surface area contributed by atoms with Crippen molar-refractivity contribution in [3.63, 3.8) is 0 Å². The second kappa shape index (κ2) is 5.26. The molecule has 1 rings (SSSR count). The van der Waals surface area contributed by atoms with E-state index in [1.54, 1.807) is 7.11 Å². The quantitative estimate of drug-likeness (QED) is 0.755. The molecule has 0 heterocycles. The fourth-order valence-corrected chi connectivity index (χ4v) is 1.41. The van der Waals surface area contributed by atoms with Gasteiger partial charge in [0.05, 0.1) is 12.2 Å². The molecule has 0 spiro atoms. The summed E-state index contributed by atoms with van der Waals surface area (Å²) in [4.78, 5) is 4.57. The van der Waals surface area contributed by atoms with Gasteiger partial charge in [0.2, 0.25) is 0 Å². The average Bonchev–Trinajstić information content (AvgIpc) is 2.21. The third-order valence-electron chi connectivity index (χ3n) is 2.46. The van der Waals surface area contributed by atoms with Crippen LogP contribution >= 0.6 is 0 Å². The molecule has 0 unspecified atom stereocenters. The summed E-state index contributed by atoms with van der Waals surface area (Å²) in [6, 6.07) is 8.20. The van der Waals surface area contributed by atoms with E-state index in [-0.39, 0.29) is 5.60 Å². The number of ether oxygens (including phenoxy) is 1. The molecule has 0 aromatic heterocycles. The van der Waals surface area contributed by atoms with Crippen molar-refractivity contribution in [1.29, 1.82) is 0 Å². The van der Waals surface area contributed by atoms with Gasteiger partial charge in [-0.15, -0.1) is 0 Å². The van der Waals surface area contributed by atoms with Gasteiger partial charge in [-0.05, 0) is 25.0 Å². The van der Waals surface area contributed by atoms with E-state index < -0.39 is 0 Å². The molecule has 0 radical (unpaired) electrons. The Labute approximate surface area is 91.1 Å². The summed E-state index contributed by atoms with van der Waals surface area (Å²) in [5.74, 6) is 5.00. The van der Waals surface area contributed by atoms with Crippen molar-refractivity contribution in [3.05, 3.63) is 35.4 Å². The summed E-state index contributed by atoms with van der Waals surface area (Å²) in [5, 5.41) is 0. The highest BCUT2D eigenvalue weighted by atomic mass is 16.6. The van der Waals surface area contributed by atoms with E-state index in [4.69, 9.17) is 10.6 Å².